The molecule has 1 atom stereocenters. The summed E-state index contributed by atoms with van der Waals surface area (Å²) >= 11 is 0. The van der Waals surface area contributed by atoms with Crippen molar-refractivity contribution in [1.82, 2.24) is 5.32 Å². The fraction of sp³-hybridized carbons (Fsp3) is 0.667. The zero-order valence-corrected chi connectivity index (χ0v) is 9.66. The zero-order chi connectivity index (χ0) is 12.2. The predicted octanol–water partition coefficient (Wildman–Crippen LogP) is 1.57. The van der Waals surface area contributed by atoms with Crippen molar-refractivity contribution >= 4 is 11.9 Å². The molecule has 0 aliphatic heterocycles. The van der Waals surface area contributed by atoms with Gasteiger partial charge in [-0.15, -0.1) is 6.58 Å². The van der Waals surface area contributed by atoms with Crippen molar-refractivity contribution < 1.29 is 14.7 Å². The summed E-state index contributed by atoms with van der Waals surface area (Å²) in [5.74, 6) is -1.44. The highest BCUT2D eigenvalue weighted by atomic mass is 16.4. The second-order valence-corrected chi connectivity index (χ2v) is 4.58. The number of nitrogens with one attached hydrogen (secondary N) is 1. The second-order valence-electron chi connectivity index (χ2n) is 4.58. The van der Waals surface area contributed by atoms with Crippen molar-refractivity contribution in [1.29, 1.82) is 0 Å². The third-order valence-corrected chi connectivity index (χ3v) is 3.32. The highest BCUT2D eigenvalue weighted by molar-refractivity contribution is 5.84. The van der Waals surface area contributed by atoms with Crippen LogP contribution in [0.2, 0.25) is 0 Å². The SMILES string of the molecule is C=CCC1(C(=O)NCC(C)C(=O)O)CCC1. The number of aliphatic carboxylic acids is 1. The van der Waals surface area contributed by atoms with Gasteiger partial charge < -0.3 is 10.4 Å². The van der Waals surface area contributed by atoms with E-state index in [2.05, 4.69) is 11.9 Å². The van der Waals surface area contributed by atoms with Crippen LogP contribution in [0.4, 0.5) is 0 Å². The van der Waals surface area contributed by atoms with Crippen LogP contribution in [0.25, 0.3) is 0 Å². The number of hydrogen-bond donors (Lipinski definition) is 2. The first kappa shape index (κ1) is 12.7. The maximum Gasteiger partial charge on any atom is 0.308 e. The summed E-state index contributed by atoms with van der Waals surface area (Å²) in [4.78, 5) is 22.5. The lowest BCUT2D eigenvalue weighted by atomic mass is 9.66. The van der Waals surface area contributed by atoms with E-state index in [1.807, 2.05) is 0 Å². The molecule has 90 valence electrons. The van der Waals surface area contributed by atoms with E-state index in [0.717, 1.165) is 19.3 Å². The van der Waals surface area contributed by atoms with Crippen LogP contribution in [-0.2, 0) is 9.59 Å². The van der Waals surface area contributed by atoms with Gasteiger partial charge >= 0.3 is 5.97 Å². The minimum atomic E-state index is -0.883. The summed E-state index contributed by atoms with van der Waals surface area (Å²) in [5.41, 5.74) is -0.306. The average molecular weight is 225 g/mol. The highest BCUT2D eigenvalue weighted by Gasteiger charge is 2.42. The Morgan fingerprint density at radius 1 is 1.56 bits per heavy atom. The summed E-state index contributed by atoms with van der Waals surface area (Å²) in [6.07, 6.45) is 5.27. The maximum atomic E-state index is 11.9. The van der Waals surface area contributed by atoms with Gasteiger partial charge in [-0.25, -0.2) is 0 Å². The first-order chi connectivity index (χ1) is 7.52. The van der Waals surface area contributed by atoms with Crippen molar-refractivity contribution in [2.75, 3.05) is 6.54 Å². The Morgan fingerprint density at radius 2 is 2.19 bits per heavy atom. The van der Waals surface area contributed by atoms with E-state index in [9.17, 15) is 9.59 Å². The molecule has 1 saturated carbocycles. The number of hydrogen-bond acceptors (Lipinski definition) is 2. The molecule has 0 radical (unpaired) electrons. The number of carbonyl (C=O) groups is 2. The Hall–Kier alpha value is -1.32. The van der Waals surface area contributed by atoms with Gasteiger partial charge in [0.15, 0.2) is 0 Å². The van der Waals surface area contributed by atoms with Crippen molar-refractivity contribution in [2.24, 2.45) is 11.3 Å². The van der Waals surface area contributed by atoms with Crippen LogP contribution in [0, 0.1) is 11.3 Å². The maximum absolute atomic E-state index is 11.9. The molecule has 1 aliphatic rings. The van der Waals surface area contributed by atoms with Crippen LogP contribution in [-0.4, -0.2) is 23.5 Å². The fourth-order valence-electron chi connectivity index (χ4n) is 1.92. The third-order valence-electron chi connectivity index (χ3n) is 3.32. The summed E-state index contributed by atoms with van der Waals surface area (Å²) in [7, 11) is 0. The Labute approximate surface area is 95.7 Å². The van der Waals surface area contributed by atoms with Gasteiger partial charge in [0, 0.05) is 6.54 Å². The summed E-state index contributed by atoms with van der Waals surface area (Å²) in [6.45, 7) is 5.45. The van der Waals surface area contributed by atoms with Crippen LogP contribution in [0.15, 0.2) is 12.7 Å². The van der Waals surface area contributed by atoms with E-state index in [-0.39, 0.29) is 17.9 Å². The Balaban J connectivity index is 2.44. The predicted molar refractivity (Wildman–Crippen MR) is 60.9 cm³/mol. The molecule has 1 fully saturated rings. The lowest BCUT2D eigenvalue weighted by Crippen LogP contribution is -2.47. The molecule has 1 rings (SSSR count). The quantitative estimate of drug-likeness (QED) is 0.674. The smallest absolute Gasteiger partial charge is 0.308 e. The molecule has 0 saturated heterocycles. The van der Waals surface area contributed by atoms with Crippen LogP contribution in [0.5, 0.6) is 0 Å². The van der Waals surface area contributed by atoms with Gasteiger partial charge in [0.1, 0.15) is 0 Å². The van der Waals surface area contributed by atoms with Crippen molar-refractivity contribution in [3.05, 3.63) is 12.7 Å². The van der Waals surface area contributed by atoms with Crippen LogP contribution < -0.4 is 5.32 Å². The number of amides is 1. The average Bonchev–Trinajstić information content (AvgIpc) is 2.19. The van der Waals surface area contributed by atoms with Gasteiger partial charge in [-0.2, -0.15) is 0 Å². The van der Waals surface area contributed by atoms with Gasteiger partial charge in [0.25, 0.3) is 0 Å². The van der Waals surface area contributed by atoms with Crippen LogP contribution in [0.1, 0.15) is 32.6 Å². The lowest BCUT2D eigenvalue weighted by molar-refractivity contribution is -0.141. The molecule has 0 aromatic heterocycles. The minimum absolute atomic E-state index is 0.0215. The molecule has 1 aliphatic carbocycles. The Bertz CT molecular complexity index is 295. The molecule has 4 heteroatoms. The molecule has 0 spiro atoms. The molecule has 1 unspecified atom stereocenters. The van der Waals surface area contributed by atoms with Gasteiger partial charge in [0.2, 0.25) is 5.91 Å². The third kappa shape index (κ3) is 2.62. The molecular formula is C12H19NO3. The molecule has 2 N–H and O–H groups in total. The molecule has 1 amide bonds. The number of carboxylic acids is 1. The standard InChI is InChI=1S/C12H19NO3/c1-3-5-12(6-4-7-12)11(16)13-8-9(2)10(14)15/h3,9H,1,4-8H2,2H3,(H,13,16)(H,14,15). The van der Waals surface area contributed by atoms with Crippen LogP contribution in [0.3, 0.4) is 0 Å². The number of rotatable bonds is 6. The number of allylic oxidation sites excluding steroid dienone is 1. The molecule has 4 nitrogen and oxygen atoms in total. The zero-order valence-electron chi connectivity index (χ0n) is 9.66. The largest absolute Gasteiger partial charge is 0.481 e. The molecule has 0 aromatic carbocycles. The Morgan fingerprint density at radius 3 is 2.56 bits per heavy atom. The van der Waals surface area contributed by atoms with Gasteiger partial charge in [0.05, 0.1) is 11.3 Å². The van der Waals surface area contributed by atoms with Gasteiger partial charge in [-0.05, 0) is 19.3 Å². The summed E-state index contributed by atoms with van der Waals surface area (Å²) in [5, 5.41) is 11.4. The van der Waals surface area contributed by atoms with Crippen molar-refractivity contribution in [2.45, 2.75) is 32.6 Å². The van der Waals surface area contributed by atoms with Crippen molar-refractivity contribution in [3.63, 3.8) is 0 Å². The van der Waals surface area contributed by atoms with Crippen LogP contribution >= 0.6 is 0 Å². The topological polar surface area (TPSA) is 66.4 Å². The minimum Gasteiger partial charge on any atom is -0.481 e. The van der Waals surface area contributed by atoms with Gasteiger partial charge in [-0.3, -0.25) is 9.59 Å². The lowest BCUT2D eigenvalue weighted by Gasteiger charge is -2.39. The molecular weight excluding hydrogens is 206 g/mol. The van der Waals surface area contributed by atoms with E-state index in [4.69, 9.17) is 5.11 Å². The molecule has 16 heavy (non-hydrogen) atoms. The number of carboxylic acid groups (broad SMARTS) is 1. The molecule has 0 heterocycles. The van der Waals surface area contributed by atoms with Crippen molar-refractivity contribution in [3.8, 4) is 0 Å². The summed E-state index contributed by atoms with van der Waals surface area (Å²) < 4.78 is 0. The van der Waals surface area contributed by atoms with Gasteiger partial charge in [-0.1, -0.05) is 19.4 Å². The first-order valence-electron chi connectivity index (χ1n) is 5.64. The van der Waals surface area contributed by atoms with E-state index in [1.54, 1.807) is 13.0 Å². The van der Waals surface area contributed by atoms with E-state index >= 15 is 0 Å². The van der Waals surface area contributed by atoms with E-state index in [0.29, 0.717) is 6.42 Å². The number of carbonyl (C=O) groups excluding carboxylic acids is 1. The first-order valence-corrected chi connectivity index (χ1v) is 5.64. The second kappa shape index (κ2) is 5.14. The monoisotopic (exact) mass is 225 g/mol. The molecule has 0 bridgehead atoms. The fourth-order valence-corrected chi connectivity index (χ4v) is 1.92. The Kier molecular flexibility index (Phi) is 4.10. The highest BCUT2D eigenvalue weighted by Crippen LogP contribution is 2.44. The molecule has 0 aromatic rings. The van der Waals surface area contributed by atoms with E-state index < -0.39 is 11.9 Å². The summed E-state index contributed by atoms with van der Waals surface area (Å²) in [6, 6.07) is 0. The normalized spacial score (nSPS) is 19.3. The van der Waals surface area contributed by atoms with E-state index in [1.165, 1.54) is 0 Å².